The zero-order valence-corrected chi connectivity index (χ0v) is 10.9. The van der Waals surface area contributed by atoms with E-state index in [2.05, 4.69) is 11.8 Å². The summed E-state index contributed by atoms with van der Waals surface area (Å²) in [5, 5.41) is 0. The number of rotatable bonds is 1. The van der Waals surface area contributed by atoms with Gasteiger partial charge in [-0.3, -0.25) is 4.90 Å². The Bertz CT molecular complexity index is 446. The van der Waals surface area contributed by atoms with Crippen LogP contribution >= 0.6 is 0 Å². The Kier molecular flexibility index (Phi) is 3.12. The number of halogens is 1. The van der Waals surface area contributed by atoms with Crippen LogP contribution in [0.25, 0.3) is 0 Å². The molecule has 1 aromatic carbocycles. The first kappa shape index (κ1) is 12.1. The summed E-state index contributed by atoms with van der Waals surface area (Å²) in [6, 6.07) is 6.09. The van der Waals surface area contributed by atoms with Gasteiger partial charge in [0.25, 0.3) is 0 Å². The first-order chi connectivity index (χ1) is 8.65. The van der Waals surface area contributed by atoms with Gasteiger partial charge in [-0.2, -0.15) is 0 Å². The van der Waals surface area contributed by atoms with Crippen molar-refractivity contribution in [1.82, 2.24) is 4.90 Å². The molecule has 0 amide bonds. The fraction of sp³-hybridized carbons (Fsp3) is 0.600. The van der Waals surface area contributed by atoms with Crippen LogP contribution in [0.1, 0.15) is 36.9 Å². The van der Waals surface area contributed by atoms with Crippen molar-refractivity contribution in [3.63, 3.8) is 0 Å². The second-order valence-corrected chi connectivity index (χ2v) is 5.82. The second kappa shape index (κ2) is 4.63. The molecule has 3 rings (SSSR count). The van der Waals surface area contributed by atoms with Crippen LogP contribution in [-0.4, -0.2) is 24.0 Å². The van der Waals surface area contributed by atoms with Crippen molar-refractivity contribution in [2.75, 3.05) is 13.1 Å². The molecular formula is C15H21FN2. The van der Waals surface area contributed by atoms with Gasteiger partial charge in [-0.1, -0.05) is 13.0 Å². The summed E-state index contributed by atoms with van der Waals surface area (Å²) >= 11 is 0. The van der Waals surface area contributed by atoms with E-state index in [1.807, 2.05) is 6.07 Å². The molecule has 0 saturated carbocycles. The molecule has 2 aliphatic rings. The van der Waals surface area contributed by atoms with Gasteiger partial charge in [0.2, 0.25) is 0 Å². The Hall–Kier alpha value is -0.930. The van der Waals surface area contributed by atoms with Crippen molar-refractivity contribution >= 4 is 0 Å². The van der Waals surface area contributed by atoms with E-state index in [9.17, 15) is 4.39 Å². The van der Waals surface area contributed by atoms with Crippen LogP contribution in [0.2, 0.25) is 0 Å². The Labute approximate surface area is 108 Å². The van der Waals surface area contributed by atoms with Crippen LogP contribution in [0.15, 0.2) is 18.2 Å². The number of nitrogens with two attached hydrogens (primary N) is 1. The summed E-state index contributed by atoms with van der Waals surface area (Å²) in [4.78, 5) is 2.54. The first-order valence-corrected chi connectivity index (χ1v) is 6.93. The van der Waals surface area contributed by atoms with Gasteiger partial charge in [-0.25, -0.2) is 4.39 Å². The Morgan fingerprint density at radius 2 is 2.17 bits per heavy atom. The minimum absolute atomic E-state index is 0.108. The normalized spacial score (nSPS) is 32.5. The van der Waals surface area contributed by atoms with E-state index in [1.165, 1.54) is 11.1 Å². The van der Waals surface area contributed by atoms with Crippen LogP contribution in [0.3, 0.4) is 0 Å². The van der Waals surface area contributed by atoms with Crippen molar-refractivity contribution in [1.29, 1.82) is 0 Å². The molecule has 1 saturated heterocycles. The van der Waals surface area contributed by atoms with E-state index in [0.29, 0.717) is 18.0 Å². The average molecular weight is 248 g/mol. The lowest BCUT2D eigenvalue weighted by Crippen LogP contribution is -2.46. The molecule has 1 fully saturated rings. The highest BCUT2D eigenvalue weighted by Crippen LogP contribution is 2.37. The molecular weight excluding hydrogens is 227 g/mol. The molecule has 2 N–H and O–H groups in total. The molecule has 0 radical (unpaired) electrons. The van der Waals surface area contributed by atoms with E-state index in [4.69, 9.17) is 5.73 Å². The van der Waals surface area contributed by atoms with Gasteiger partial charge < -0.3 is 5.73 Å². The van der Waals surface area contributed by atoms with Crippen LogP contribution in [0.4, 0.5) is 4.39 Å². The van der Waals surface area contributed by atoms with Gasteiger partial charge in [-0.05, 0) is 48.4 Å². The number of nitrogens with zero attached hydrogens (tertiary/aromatic N) is 1. The summed E-state index contributed by atoms with van der Waals surface area (Å²) in [7, 11) is 0. The molecule has 1 aliphatic carbocycles. The highest BCUT2D eigenvalue weighted by molar-refractivity contribution is 5.35. The third kappa shape index (κ3) is 2.06. The average Bonchev–Trinajstić information content (AvgIpc) is 2.75. The maximum Gasteiger partial charge on any atom is 0.123 e. The Balaban J connectivity index is 1.80. The van der Waals surface area contributed by atoms with Gasteiger partial charge >= 0.3 is 0 Å². The number of hydrogen-bond donors (Lipinski definition) is 1. The van der Waals surface area contributed by atoms with E-state index < -0.39 is 0 Å². The summed E-state index contributed by atoms with van der Waals surface area (Å²) in [5.74, 6) is 0.451. The zero-order chi connectivity index (χ0) is 12.7. The van der Waals surface area contributed by atoms with Gasteiger partial charge in [0, 0.05) is 25.2 Å². The fourth-order valence-corrected chi connectivity index (χ4v) is 3.42. The second-order valence-electron chi connectivity index (χ2n) is 5.82. The quantitative estimate of drug-likeness (QED) is 0.827. The molecule has 0 spiro atoms. The standard InChI is InChI=1S/C15H21FN2/c1-10-9-18(7-6-14(10)17)15-5-2-11-8-12(16)3-4-13(11)15/h3-4,8,10,14-15H,2,5-7,9,17H2,1H3. The maximum atomic E-state index is 13.2. The van der Waals surface area contributed by atoms with E-state index in [0.717, 1.165) is 32.4 Å². The Morgan fingerprint density at radius 1 is 1.33 bits per heavy atom. The molecule has 2 nitrogen and oxygen atoms in total. The first-order valence-electron chi connectivity index (χ1n) is 6.93. The maximum absolute atomic E-state index is 13.2. The van der Waals surface area contributed by atoms with E-state index >= 15 is 0 Å². The van der Waals surface area contributed by atoms with Gasteiger partial charge in [0.05, 0.1) is 0 Å². The summed E-state index contributed by atoms with van der Waals surface area (Å²) in [6.45, 7) is 4.38. The SMILES string of the molecule is CC1CN(C2CCc3cc(F)ccc32)CCC1N. The zero-order valence-electron chi connectivity index (χ0n) is 10.9. The van der Waals surface area contributed by atoms with Crippen molar-refractivity contribution in [2.24, 2.45) is 11.7 Å². The number of benzene rings is 1. The van der Waals surface area contributed by atoms with Gasteiger partial charge in [0.1, 0.15) is 5.82 Å². The molecule has 0 bridgehead atoms. The van der Waals surface area contributed by atoms with Crippen LogP contribution in [0, 0.1) is 11.7 Å². The monoisotopic (exact) mass is 248 g/mol. The van der Waals surface area contributed by atoms with Crippen LogP contribution in [0.5, 0.6) is 0 Å². The molecule has 1 aliphatic heterocycles. The molecule has 1 heterocycles. The molecule has 1 aromatic rings. The number of aryl methyl sites for hydroxylation is 1. The van der Waals surface area contributed by atoms with Crippen molar-refractivity contribution in [3.05, 3.63) is 35.1 Å². The largest absolute Gasteiger partial charge is 0.327 e. The third-order valence-electron chi connectivity index (χ3n) is 4.59. The van der Waals surface area contributed by atoms with Crippen molar-refractivity contribution < 1.29 is 4.39 Å². The molecule has 3 heteroatoms. The lowest BCUT2D eigenvalue weighted by Gasteiger charge is -2.39. The van der Waals surface area contributed by atoms with Crippen LogP contribution in [-0.2, 0) is 6.42 Å². The summed E-state index contributed by atoms with van der Waals surface area (Å²) in [5.41, 5.74) is 8.61. The highest BCUT2D eigenvalue weighted by Gasteiger charge is 2.32. The number of fused-ring (bicyclic) bond motifs is 1. The topological polar surface area (TPSA) is 29.3 Å². The number of piperidine rings is 1. The minimum Gasteiger partial charge on any atom is -0.327 e. The van der Waals surface area contributed by atoms with E-state index in [-0.39, 0.29) is 5.82 Å². The smallest absolute Gasteiger partial charge is 0.123 e. The number of likely N-dealkylation sites (tertiary alicyclic amines) is 1. The molecule has 3 atom stereocenters. The third-order valence-corrected chi connectivity index (χ3v) is 4.59. The van der Waals surface area contributed by atoms with Gasteiger partial charge in [0.15, 0.2) is 0 Å². The van der Waals surface area contributed by atoms with Gasteiger partial charge in [-0.15, -0.1) is 0 Å². The van der Waals surface area contributed by atoms with Crippen molar-refractivity contribution in [2.45, 2.75) is 38.3 Å². The van der Waals surface area contributed by atoms with Crippen LogP contribution < -0.4 is 5.73 Å². The van der Waals surface area contributed by atoms with E-state index in [1.54, 1.807) is 12.1 Å². The van der Waals surface area contributed by atoms with Crippen molar-refractivity contribution in [3.8, 4) is 0 Å². The summed E-state index contributed by atoms with van der Waals surface area (Å²) in [6.07, 6.45) is 3.21. The lowest BCUT2D eigenvalue weighted by atomic mass is 9.92. The minimum atomic E-state index is -0.108. The molecule has 18 heavy (non-hydrogen) atoms. The Morgan fingerprint density at radius 3 is 2.94 bits per heavy atom. The fourth-order valence-electron chi connectivity index (χ4n) is 3.42. The number of hydrogen-bond acceptors (Lipinski definition) is 2. The predicted molar refractivity (Wildman–Crippen MR) is 70.8 cm³/mol. The highest BCUT2D eigenvalue weighted by atomic mass is 19.1. The predicted octanol–water partition coefficient (Wildman–Crippen LogP) is 2.48. The molecule has 3 unspecified atom stereocenters. The summed E-state index contributed by atoms with van der Waals surface area (Å²) < 4.78 is 13.2. The lowest BCUT2D eigenvalue weighted by molar-refractivity contribution is 0.116. The molecule has 0 aromatic heterocycles. The molecule has 98 valence electrons.